The number of halogens is 1. The number of esters is 1. The molecule has 19 heavy (non-hydrogen) atoms. The van der Waals surface area contributed by atoms with E-state index in [1.165, 1.54) is 18.2 Å². The molecule has 0 spiro atoms. The maximum atomic E-state index is 11.8. The van der Waals surface area contributed by atoms with Crippen molar-refractivity contribution in [1.29, 1.82) is 0 Å². The maximum absolute atomic E-state index is 11.8. The van der Waals surface area contributed by atoms with Crippen LogP contribution in [0.3, 0.4) is 0 Å². The molecule has 1 aromatic carbocycles. The third-order valence-corrected chi connectivity index (χ3v) is 3.47. The van der Waals surface area contributed by atoms with E-state index in [4.69, 9.17) is 9.47 Å². The summed E-state index contributed by atoms with van der Waals surface area (Å²) < 4.78 is 10.7. The van der Waals surface area contributed by atoms with Crippen molar-refractivity contribution in [3.05, 3.63) is 38.3 Å². The second-order valence-electron chi connectivity index (χ2n) is 4.16. The fraction of sp³-hybridized carbons (Fsp3) is 0.417. The van der Waals surface area contributed by atoms with Crippen LogP contribution in [0.5, 0.6) is 0 Å². The summed E-state index contributed by atoms with van der Waals surface area (Å²) in [5.41, 5.74) is -0.000497. The number of hydrogen-bond donors (Lipinski definition) is 0. The van der Waals surface area contributed by atoms with E-state index >= 15 is 0 Å². The van der Waals surface area contributed by atoms with Crippen LogP contribution in [0.25, 0.3) is 0 Å². The molecule has 102 valence electrons. The number of nitro benzene ring substituents is 1. The topological polar surface area (TPSA) is 78.7 Å². The number of benzene rings is 1. The van der Waals surface area contributed by atoms with E-state index in [0.29, 0.717) is 11.1 Å². The van der Waals surface area contributed by atoms with Gasteiger partial charge >= 0.3 is 5.97 Å². The zero-order chi connectivity index (χ0) is 13.8. The SMILES string of the molecule is O=C(OCC1CCCO1)c1ccc(Br)c([N+](=O)[O-])c1. The molecule has 1 heterocycles. The number of nitro groups is 1. The van der Waals surface area contributed by atoms with E-state index in [9.17, 15) is 14.9 Å². The molecule has 2 rings (SSSR count). The second kappa shape index (κ2) is 6.12. The summed E-state index contributed by atoms with van der Waals surface area (Å²) in [6, 6.07) is 4.14. The summed E-state index contributed by atoms with van der Waals surface area (Å²) >= 11 is 3.06. The molecule has 6 nitrogen and oxygen atoms in total. The van der Waals surface area contributed by atoms with Gasteiger partial charge in [-0.3, -0.25) is 10.1 Å². The molecule has 0 N–H and O–H groups in total. The predicted octanol–water partition coefficient (Wildman–Crippen LogP) is 2.69. The lowest BCUT2D eigenvalue weighted by Crippen LogP contribution is -2.17. The van der Waals surface area contributed by atoms with Crippen molar-refractivity contribution in [2.45, 2.75) is 18.9 Å². The van der Waals surface area contributed by atoms with Crippen molar-refractivity contribution >= 4 is 27.6 Å². The Balaban J connectivity index is 2.02. The van der Waals surface area contributed by atoms with E-state index < -0.39 is 10.9 Å². The molecule has 1 atom stereocenters. The van der Waals surface area contributed by atoms with Gasteiger partial charge in [-0.15, -0.1) is 0 Å². The van der Waals surface area contributed by atoms with E-state index in [2.05, 4.69) is 15.9 Å². The molecular formula is C12H12BrNO5. The van der Waals surface area contributed by atoms with Gasteiger partial charge in [-0.1, -0.05) is 0 Å². The molecule has 1 fully saturated rings. The fourth-order valence-corrected chi connectivity index (χ4v) is 2.20. The third kappa shape index (κ3) is 3.51. The number of rotatable bonds is 4. The van der Waals surface area contributed by atoms with Crippen LogP contribution in [-0.4, -0.2) is 30.2 Å². The van der Waals surface area contributed by atoms with Gasteiger partial charge in [0.1, 0.15) is 6.61 Å². The predicted molar refractivity (Wildman–Crippen MR) is 70.1 cm³/mol. The minimum absolute atomic E-state index is 0.0608. The lowest BCUT2D eigenvalue weighted by molar-refractivity contribution is -0.385. The van der Waals surface area contributed by atoms with Gasteiger partial charge in [0.2, 0.25) is 0 Å². The van der Waals surface area contributed by atoms with Crippen LogP contribution in [0.4, 0.5) is 5.69 Å². The fourth-order valence-electron chi connectivity index (χ4n) is 1.81. The Labute approximate surface area is 118 Å². The molecule has 1 unspecified atom stereocenters. The highest BCUT2D eigenvalue weighted by atomic mass is 79.9. The van der Waals surface area contributed by atoms with E-state index in [1.54, 1.807) is 0 Å². The molecule has 1 aliphatic rings. The summed E-state index contributed by atoms with van der Waals surface area (Å²) in [5, 5.41) is 10.8. The number of carbonyl (C=O) groups excluding carboxylic acids is 1. The largest absolute Gasteiger partial charge is 0.459 e. The lowest BCUT2D eigenvalue weighted by atomic mass is 10.2. The quantitative estimate of drug-likeness (QED) is 0.482. The van der Waals surface area contributed by atoms with Gasteiger partial charge in [0, 0.05) is 12.7 Å². The van der Waals surface area contributed by atoms with Crippen LogP contribution in [-0.2, 0) is 9.47 Å². The zero-order valence-corrected chi connectivity index (χ0v) is 11.6. The first-order valence-electron chi connectivity index (χ1n) is 5.80. The molecule has 7 heteroatoms. The van der Waals surface area contributed by atoms with Gasteiger partial charge in [0.15, 0.2) is 0 Å². The molecule has 0 radical (unpaired) electrons. The number of ether oxygens (including phenoxy) is 2. The summed E-state index contributed by atoms with van der Waals surface area (Å²) in [5.74, 6) is -0.578. The highest BCUT2D eigenvalue weighted by molar-refractivity contribution is 9.10. The van der Waals surface area contributed by atoms with Crippen molar-refractivity contribution in [2.24, 2.45) is 0 Å². The summed E-state index contributed by atoms with van der Waals surface area (Å²) in [6.07, 6.45) is 1.77. The lowest BCUT2D eigenvalue weighted by Gasteiger charge is -2.10. The zero-order valence-electron chi connectivity index (χ0n) is 10.0. The van der Waals surface area contributed by atoms with Crippen molar-refractivity contribution < 1.29 is 19.2 Å². The Kier molecular flexibility index (Phi) is 4.49. The first kappa shape index (κ1) is 14.0. The second-order valence-corrected chi connectivity index (χ2v) is 5.01. The normalized spacial score (nSPS) is 18.3. The van der Waals surface area contributed by atoms with Crippen molar-refractivity contribution in [3.63, 3.8) is 0 Å². The molecule has 0 bridgehead atoms. The number of nitrogens with zero attached hydrogens (tertiary/aromatic N) is 1. The van der Waals surface area contributed by atoms with Crippen LogP contribution in [0.1, 0.15) is 23.2 Å². The first-order chi connectivity index (χ1) is 9.08. The first-order valence-corrected chi connectivity index (χ1v) is 6.60. The Morgan fingerprint density at radius 1 is 1.58 bits per heavy atom. The smallest absolute Gasteiger partial charge is 0.338 e. The average Bonchev–Trinajstić information content (AvgIpc) is 2.89. The van der Waals surface area contributed by atoms with E-state index in [-0.39, 0.29) is 24.0 Å². The minimum atomic E-state index is -0.578. The van der Waals surface area contributed by atoms with Crippen LogP contribution in [0, 0.1) is 10.1 Å². The molecule has 0 aliphatic carbocycles. The average molecular weight is 330 g/mol. The number of hydrogen-bond acceptors (Lipinski definition) is 5. The van der Waals surface area contributed by atoms with Gasteiger partial charge < -0.3 is 9.47 Å². The summed E-state index contributed by atoms with van der Waals surface area (Å²) in [7, 11) is 0. The van der Waals surface area contributed by atoms with Gasteiger partial charge in [-0.25, -0.2) is 4.79 Å². The van der Waals surface area contributed by atoms with Crippen molar-refractivity contribution in [1.82, 2.24) is 0 Å². The Morgan fingerprint density at radius 3 is 3.00 bits per heavy atom. The van der Waals surface area contributed by atoms with Gasteiger partial charge in [-0.05, 0) is 40.9 Å². The van der Waals surface area contributed by atoms with Crippen molar-refractivity contribution in [3.8, 4) is 0 Å². The van der Waals surface area contributed by atoms with E-state index in [0.717, 1.165) is 12.8 Å². The number of carbonyl (C=O) groups is 1. The van der Waals surface area contributed by atoms with Crippen LogP contribution in [0.15, 0.2) is 22.7 Å². The monoisotopic (exact) mass is 329 g/mol. The van der Waals surface area contributed by atoms with Crippen molar-refractivity contribution in [2.75, 3.05) is 13.2 Å². The minimum Gasteiger partial charge on any atom is -0.459 e. The Hall–Kier alpha value is -1.47. The molecule has 0 saturated carbocycles. The van der Waals surface area contributed by atoms with Crippen LogP contribution < -0.4 is 0 Å². The van der Waals surface area contributed by atoms with E-state index in [1.807, 2.05) is 0 Å². The van der Waals surface area contributed by atoms with Gasteiger partial charge in [-0.2, -0.15) is 0 Å². The van der Waals surface area contributed by atoms with Gasteiger partial charge in [0.25, 0.3) is 5.69 Å². The molecule has 1 aliphatic heterocycles. The highest BCUT2D eigenvalue weighted by Gasteiger charge is 2.20. The standard InChI is InChI=1S/C12H12BrNO5/c13-10-4-3-8(6-11(10)14(16)17)12(15)19-7-9-2-1-5-18-9/h3-4,6,9H,1-2,5,7H2. The third-order valence-electron chi connectivity index (χ3n) is 2.80. The highest BCUT2D eigenvalue weighted by Crippen LogP contribution is 2.26. The van der Waals surface area contributed by atoms with Gasteiger partial charge in [0.05, 0.1) is 21.1 Å². The van der Waals surface area contributed by atoms with Crippen LogP contribution >= 0.6 is 15.9 Å². The maximum Gasteiger partial charge on any atom is 0.338 e. The van der Waals surface area contributed by atoms with Crippen LogP contribution in [0.2, 0.25) is 0 Å². The molecule has 0 amide bonds. The summed E-state index contributed by atoms with van der Waals surface area (Å²) in [4.78, 5) is 22.0. The molecule has 1 saturated heterocycles. The molecular weight excluding hydrogens is 318 g/mol. The molecule has 0 aromatic heterocycles. The Bertz CT molecular complexity index is 499. The molecule has 1 aromatic rings. The Morgan fingerprint density at radius 2 is 2.37 bits per heavy atom. The summed E-state index contributed by atoms with van der Waals surface area (Å²) in [6.45, 7) is 0.870.